The van der Waals surface area contributed by atoms with E-state index in [2.05, 4.69) is 5.32 Å². The van der Waals surface area contributed by atoms with E-state index < -0.39 is 17.8 Å². The lowest BCUT2D eigenvalue weighted by molar-refractivity contribution is -0.121. The Morgan fingerprint density at radius 1 is 1.35 bits per heavy atom. The van der Waals surface area contributed by atoms with Crippen LogP contribution in [0, 0.1) is 0 Å². The molecule has 116 valence electrons. The normalized spacial score (nSPS) is 15.2. The van der Waals surface area contributed by atoms with Crippen LogP contribution in [0.2, 0.25) is 0 Å². The molecular weight excluding hydrogens is 269 g/mol. The maximum Gasteiger partial charge on any atom is 0.416 e. The van der Waals surface area contributed by atoms with Crippen molar-refractivity contribution in [2.24, 2.45) is 5.73 Å². The van der Waals surface area contributed by atoms with Crippen molar-refractivity contribution in [2.45, 2.75) is 52.3 Å². The second-order valence-corrected chi connectivity index (χ2v) is 4.67. The number of halogens is 3. The highest BCUT2D eigenvalue weighted by atomic mass is 19.4. The average molecular weight is 292 g/mol. The molecule has 0 bridgehead atoms. The van der Waals surface area contributed by atoms with Crippen LogP contribution in [-0.2, 0) is 4.79 Å². The number of carbonyl (C=O) groups is 1. The number of nitrogens with one attached hydrogen (secondary N) is 1. The number of hydrogen-bond donors (Lipinski definition) is 2. The fourth-order valence-electron chi connectivity index (χ4n) is 1.56. The third-order valence-electron chi connectivity index (χ3n) is 2.94. The van der Waals surface area contributed by atoms with Gasteiger partial charge in [0, 0.05) is 12.5 Å². The van der Waals surface area contributed by atoms with E-state index in [1.165, 1.54) is 6.92 Å². The summed E-state index contributed by atoms with van der Waals surface area (Å²) >= 11 is 0. The van der Waals surface area contributed by atoms with Crippen molar-refractivity contribution < 1.29 is 18.0 Å². The minimum Gasteiger partial charge on any atom is -0.350 e. The predicted molar refractivity (Wildman–Crippen MR) is 74.1 cm³/mol. The van der Waals surface area contributed by atoms with Crippen molar-refractivity contribution in [3.63, 3.8) is 0 Å². The summed E-state index contributed by atoms with van der Waals surface area (Å²) < 4.78 is 37.8. The lowest BCUT2D eigenvalue weighted by Gasteiger charge is -2.16. The summed E-state index contributed by atoms with van der Waals surface area (Å²) in [7, 11) is 0. The van der Waals surface area contributed by atoms with Crippen molar-refractivity contribution in [3.8, 4) is 0 Å². The molecule has 0 aromatic carbocycles. The lowest BCUT2D eigenvalue weighted by Crippen LogP contribution is -2.33. The fraction of sp³-hybridized carbons (Fsp3) is 0.643. The molecule has 1 amide bonds. The highest BCUT2D eigenvalue weighted by molar-refractivity contribution is 5.76. The van der Waals surface area contributed by atoms with E-state index in [0.717, 1.165) is 18.6 Å². The van der Waals surface area contributed by atoms with Crippen molar-refractivity contribution in [2.75, 3.05) is 6.54 Å². The molecule has 0 rings (SSSR count). The van der Waals surface area contributed by atoms with Gasteiger partial charge in [-0.05, 0) is 46.2 Å². The van der Waals surface area contributed by atoms with Gasteiger partial charge in [-0.3, -0.25) is 4.79 Å². The van der Waals surface area contributed by atoms with Crippen LogP contribution in [0.15, 0.2) is 23.3 Å². The lowest BCUT2D eigenvalue weighted by atomic mass is 10.1. The Hall–Kier alpha value is -1.30. The van der Waals surface area contributed by atoms with E-state index in [1.807, 2.05) is 0 Å². The van der Waals surface area contributed by atoms with Gasteiger partial charge in [-0.1, -0.05) is 11.6 Å². The zero-order chi connectivity index (χ0) is 15.8. The molecule has 0 aliphatic carbocycles. The van der Waals surface area contributed by atoms with Crippen molar-refractivity contribution in [1.29, 1.82) is 0 Å². The van der Waals surface area contributed by atoms with Crippen molar-refractivity contribution in [3.05, 3.63) is 23.3 Å². The quantitative estimate of drug-likeness (QED) is 0.559. The molecule has 0 aliphatic heterocycles. The Morgan fingerprint density at radius 3 is 2.40 bits per heavy atom. The second kappa shape index (κ2) is 8.79. The maximum atomic E-state index is 12.6. The van der Waals surface area contributed by atoms with Gasteiger partial charge >= 0.3 is 6.18 Å². The van der Waals surface area contributed by atoms with Gasteiger partial charge in [0.2, 0.25) is 5.91 Å². The highest BCUT2D eigenvalue weighted by Crippen LogP contribution is 2.27. The van der Waals surface area contributed by atoms with E-state index in [1.54, 1.807) is 13.8 Å². The summed E-state index contributed by atoms with van der Waals surface area (Å²) in [6.07, 6.45) is -0.524. The Kier molecular flexibility index (Phi) is 8.22. The van der Waals surface area contributed by atoms with Crippen LogP contribution in [0.1, 0.15) is 40.0 Å². The Bertz CT molecular complexity index is 373. The summed E-state index contributed by atoms with van der Waals surface area (Å²) in [4.78, 5) is 11.6. The van der Waals surface area contributed by atoms with Crippen LogP contribution >= 0.6 is 0 Å². The first-order valence-electron chi connectivity index (χ1n) is 6.63. The second-order valence-electron chi connectivity index (χ2n) is 4.67. The Morgan fingerprint density at radius 2 is 1.95 bits per heavy atom. The monoisotopic (exact) mass is 292 g/mol. The van der Waals surface area contributed by atoms with Gasteiger partial charge < -0.3 is 11.1 Å². The van der Waals surface area contributed by atoms with Crippen LogP contribution in [-0.4, -0.2) is 24.7 Å². The summed E-state index contributed by atoms with van der Waals surface area (Å²) in [5.74, 6) is -0.173. The number of hydrogen-bond acceptors (Lipinski definition) is 2. The van der Waals surface area contributed by atoms with Gasteiger partial charge in [0.25, 0.3) is 0 Å². The number of unbranched alkanes of at least 4 members (excludes halogenated alkanes) is 1. The number of rotatable bonds is 7. The zero-order valence-corrected chi connectivity index (χ0v) is 12.2. The zero-order valence-electron chi connectivity index (χ0n) is 12.2. The first-order valence-corrected chi connectivity index (χ1v) is 6.63. The Labute approximate surface area is 118 Å². The summed E-state index contributed by atoms with van der Waals surface area (Å²) in [5, 5.41) is 2.68. The molecule has 6 heteroatoms. The van der Waals surface area contributed by atoms with Gasteiger partial charge in [-0.25, -0.2) is 0 Å². The first kappa shape index (κ1) is 18.7. The molecule has 0 radical (unpaired) electrons. The largest absolute Gasteiger partial charge is 0.416 e. The molecule has 0 aliphatic rings. The molecule has 0 saturated heterocycles. The fourth-order valence-corrected chi connectivity index (χ4v) is 1.56. The number of amides is 1. The first-order chi connectivity index (χ1) is 9.22. The molecule has 0 heterocycles. The molecule has 0 aromatic heterocycles. The van der Waals surface area contributed by atoms with Crippen LogP contribution in [0.5, 0.6) is 0 Å². The van der Waals surface area contributed by atoms with Gasteiger partial charge in [0.15, 0.2) is 0 Å². The molecule has 3 N–H and O–H groups in total. The number of nitrogens with two attached hydrogens (primary N) is 1. The molecule has 0 aromatic rings. The van der Waals surface area contributed by atoms with E-state index in [4.69, 9.17) is 5.73 Å². The van der Waals surface area contributed by atoms with Crippen LogP contribution < -0.4 is 11.1 Å². The smallest absolute Gasteiger partial charge is 0.350 e. The van der Waals surface area contributed by atoms with Gasteiger partial charge in [0.05, 0.1) is 5.57 Å². The van der Waals surface area contributed by atoms with Crippen LogP contribution in [0.25, 0.3) is 0 Å². The predicted octanol–water partition coefficient (Wildman–Crippen LogP) is 3.08. The molecule has 3 nitrogen and oxygen atoms in total. The molecule has 1 atom stereocenters. The summed E-state index contributed by atoms with van der Waals surface area (Å²) in [6.45, 7) is 5.09. The maximum absolute atomic E-state index is 12.6. The molecule has 0 spiro atoms. The summed E-state index contributed by atoms with van der Waals surface area (Å²) in [5.41, 5.74) is 5.07. The standard InChI is InChI=1S/C14H23F3N2O/c1-4-12(14(15,16)17)9-10(2)11(3)19-13(20)7-5-6-8-18/h4,9,11H,5-8,18H2,1-3H3,(H,19,20)/b10-9-,12-4+/t11-/m1/s1. The third kappa shape index (κ3) is 7.33. The van der Waals surface area contributed by atoms with Crippen LogP contribution in [0.4, 0.5) is 13.2 Å². The number of allylic oxidation sites excluding steroid dienone is 3. The van der Waals surface area contributed by atoms with E-state index in [0.29, 0.717) is 25.0 Å². The number of alkyl halides is 3. The van der Waals surface area contributed by atoms with Gasteiger partial charge in [-0.2, -0.15) is 13.2 Å². The number of carbonyl (C=O) groups excluding carboxylic acids is 1. The SMILES string of the molecule is C/C=C(\C=C(\C)[C@@H](C)NC(=O)CCCCN)C(F)(F)F. The van der Waals surface area contributed by atoms with E-state index in [9.17, 15) is 18.0 Å². The Balaban J connectivity index is 4.54. The average Bonchev–Trinajstić information content (AvgIpc) is 2.34. The third-order valence-corrected chi connectivity index (χ3v) is 2.94. The van der Waals surface area contributed by atoms with Gasteiger partial charge in [-0.15, -0.1) is 0 Å². The molecule has 20 heavy (non-hydrogen) atoms. The summed E-state index contributed by atoms with van der Waals surface area (Å²) in [6, 6.07) is -0.433. The minimum absolute atomic E-state index is 0.173. The molecule has 0 unspecified atom stereocenters. The highest BCUT2D eigenvalue weighted by Gasteiger charge is 2.31. The van der Waals surface area contributed by atoms with Gasteiger partial charge in [0.1, 0.15) is 0 Å². The molecule has 0 fully saturated rings. The van der Waals surface area contributed by atoms with Crippen molar-refractivity contribution in [1.82, 2.24) is 5.32 Å². The molecular formula is C14H23F3N2O. The van der Waals surface area contributed by atoms with Crippen molar-refractivity contribution >= 4 is 5.91 Å². The van der Waals surface area contributed by atoms with E-state index >= 15 is 0 Å². The minimum atomic E-state index is -4.37. The topological polar surface area (TPSA) is 55.1 Å². The van der Waals surface area contributed by atoms with Crippen LogP contribution in [0.3, 0.4) is 0 Å². The molecule has 0 saturated carbocycles. The van der Waals surface area contributed by atoms with E-state index in [-0.39, 0.29) is 5.91 Å².